The van der Waals surface area contributed by atoms with Gasteiger partial charge in [-0.1, -0.05) is 438 Å². The first-order valence-corrected chi connectivity index (χ1v) is 50.6. The van der Waals surface area contributed by atoms with E-state index >= 15 is 0 Å². The fraction of sp³-hybridized carbons (Fsp3) is 0.168. The minimum Gasteiger partial charge on any atom is -0.310 e. The lowest BCUT2D eigenvalue weighted by molar-refractivity contribution is -0.278. The first-order valence-electron chi connectivity index (χ1n) is 50.6. The fourth-order valence-corrected chi connectivity index (χ4v) is 24.2. The Labute approximate surface area is 833 Å². The van der Waals surface area contributed by atoms with Crippen molar-refractivity contribution in [2.75, 3.05) is 9.80 Å². The first kappa shape index (κ1) is 89.6. The van der Waals surface area contributed by atoms with Crippen LogP contribution in [0.5, 0.6) is 0 Å². The second-order valence-electron chi connectivity index (χ2n) is 42.4. The van der Waals surface area contributed by atoms with E-state index in [1.807, 2.05) is 0 Å². The molecule has 6 unspecified atom stereocenters. The molecule has 0 aromatic heterocycles. The van der Waals surface area contributed by atoms with Crippen molar-refractivity contribution in [3.05, 3.63) is 551 Å². The molecule has 0 amide bonds. The molecule has 0 fully saturated rings. The summed E-state index contributed by atoms with van der Waals surface area (Å²) in [5.74, 6) is 0.524. The van der Waals surface area contributed by atoms with Crippen molar-refractivity contribution in [1.29, 1.82) is 0 Å². The summed E-state index contributed by atoms with van der Waals surface area (Å²) in [5.41, 5.74) is 43.6. The van der Waals surface area contributed by atoms with E-state index in [0.717, 1.165) is 69.2 Å². The summed E-state index contributed by atoms with van der Waals surface area (Å²) in [4.78, 5) is 12.9. The van der Waals surface area contributed by atoms with Crippen LogP contribution in [0.3, 0.4) is 0 Å². The highest BCUT2D eigenvalue weighted by Gasteiger charge is 2.53. The Hall–Kier alpha value is -15.3. The number of hydrogen-bond acceptors (Lipinski definition) is 4. The minimum atomic E-state index is -0.662. The average Bonchev–Trinajstić information content (AvgIpc) is 1.50. The summed E-state index contributed by atoms with van der Waals surface area (Å²) in [6.07, 6.45) is 1.27. The van der Waals surface area contributed by atoms with Crippen molar-refractivity contribution in [2.45, 2.75) is 140 Å². The summed E-state index contributed by atoms with van der Waals surface area (Å²) in [7, 11) is 0. The highest BCUT2D eigenvalue weighted by atomic mass is 16.7. The molecule has 19 aromatic rings. The Bertz CT molecular complexity index is 7780. The maximum absolute atomic E-state index is 8.05. The number of para-hydroxylation sites is 2. The first-order chi connectivity index (χ1) is 68.7. The Morgan fingerprint density at radius 2 is 0.582 bits per heavy atom. The Morgan fingerprint density at radius 3 is 1.09 bits per heavy atom. The fourth-order valence-electron chi connectivity index (χ4n) is 24.2. The number of benzene rings is 19. The predicted octanol–water partition coefficient (Wildman–Crippen LogP) is 36.4. The highest BCUT2D eigenvalue weighted by molar-refractivity contribution is 5.98. The van der Waals surface area contributed by atoms with Crippen LogP contribution in [0.1, 0.15) is 196 Å². The molecule has 19 aromatic carbocycles. The van der Waals surface area contributed by atoms with Crippen molar-refractivity contribution in [3.63, 3.8) is 0 Å². The zero-order valence-electron chi connectivity index (χ0n) is 82.5. The van der Waals surface area contributed by atoms with Gasteiger partial charge in [-0.05, 0) is 314 Å². The number of hydrogen-bond donors (Lipinski definition) is 0. The van der Waals surface area contributed by atoms with Crippen LogP contribution in [0.4, 0.5) is 34.1 Å². The molecule has 688 valence electrons. The lowest BCUT2D eigenvalue weighted by atomic mass is 9.67. The van der Waals surface area contributed by atoms with Crippen molar-refractivity contribution in [1.82, 2.24) is 5.06 Å². The van der Waals surface area contributed by atoms with Gasteiger partial charge in [-0.15, -0.1) is 0 Å². The van der Waals surface area contributed by atoms with Crippen molar-refractivity contribution < 1.29 is 4.84 Å². The molecular weight excluding hydrogens is 1700 g/mol. The Balaban J connectivity index is 0.607. The summed E-state index contributed by atoms with van der Waals surface area (Å²) in [6, 6.07) is 177. The maximum Gasteiger partial charge on any atom is 0.105 e. The molecule has 0 aliphatic heterocycles. The zero-order chi connectivity index (χ0) is 96.0. The molecule has 1 spiro atoms. The van der Waals surface area contributed by atoms with Gasteiger partial charge in [-0.2, -0.15) is 5.06 Å². The monoisotopic (exact) mass is 1820 g/mol. The van der Waals surface area contributed by atoms with Gasteiger partial charge in [-0.25, -0.2) is 0 Å². The van der Waals surface area contributed by atoms with Gasteiger partial charge in [0.2, 0.25) is 0 Å². The van der Waals surface area contributed by atoms with Gasteiger partial charge >= 0.3 is 0 Å². The summed E-state index contributed by atoms with van der Waals surface area (Å²) in [5, 5.41) is 2.36. The Kier molecular flexibility index (Phi) is 23.0. The van der Waals surface area contributed by atoms with Crippen molar-refractivity contribution >= 4 is 34.1 Å². The van der Waals surface area contributed by atoms with Gasteiger partial charge in [0.25, 0.3) is 0 Å². The van der Waals surface area contributed by atoms with Crippen molar-refractivity contribution in [3.8, 4) is 89.0 Å². The van der Waals surface area contributed by atoms with Crippen LogP contribution < -0.4 is 9.80 Å². The predicted molar refractivity (Wildman–Crippen MR) is 590 cm³/mol. The van der Waals surface area contributed by atoms with E-state index in [9.17, 15) is 0 Å². The van der Waals surface area contributed by atoms with E-state index in [4.69, 9.17) is 4.84 Å². The molecule has 0 saturated carbocycles. The highest BCUT2D eigenvalue weighted by Crippen LogP contribution is 2.65. The second kappa shape index (κ2) is 36.2. The molecule has 0 saturated heterocycles. The van der Waals surface area contributed by atoms with E-state index in [2.05, 4.69) is 558 Å². The SMILES string of the molecule is CC(CC(CC(ON(C(c1ccccc1)C(C)C)C(C)(C)C)c1ccc(-c2ccc(C3(c4ccc(C(C)(C)C)cc4)c4ccccc4-c4ccc(N(c5ccccc5)c5ccccc5)cc43)cc2)cc1)c1ccc(-c2ccc3c(c2)C2(c4ccccc4-3)c3ccccc3-c3ccc(-c4cccc(N(c5ccc(-c6ccccc6)cc5)c5ccc6c(c5)C(C)(C)c5ccccc5-6)c4)cc32)cc1)c1ccccc1. The molecule has 4 nitrogen and oxygen atoms in total. The van der Waals surface area contributed by atoms with Crippen LogP contribution in [0, 0.1) is 5.92 Å². The topological polar surface area (TPSA) is 19.0 Å². The molecule has 0 N–H and O–H groups in total. The maximum atomic E-state index is 8.05. The largest absolute Gasteiger partial charge is 0.310 e. The molecule has 141 heavy (non-hydrogen) atoms. The van der Waals surface area contributed by atoms with E-state index in [0.29, 0.717) is 0 Å². The van der Waals surface area contributed by atoms with E-state index in [-0.39, 0.29) is 40.7 Å². The zero-order valence-corrected chi connectivity index (χ0v) is 82.5. The standard InChI is InChI=1S/C137H119N3O/c1-91(2)132(101-40-21-14-22-41-101)140(134(7,8)9)141-131(100-62-60-95(61-63-100)96-64-70-107(71-65-96)136(108-74-72-106(73-75-108)133(4,5)6)124-53-32-28-49-116(124)122-83-79-114(90-130(122)136)138(109-43-23-15-24-44-109)110-45-25-16-26-46-110)88-105(84-92(3)93-36-17-12-18-37-93)99-58-56-98(57-59-99)103-68-80-120-117-50-29-33-54-125(117)137(128(120)86-103)126-55-34-30-51-118(126)121-81-69-104(87-129(121)137)102-42-35-47-112(85-102)139(111-76-66-97(67-77-111)94-38-19-13-20-39-94)113-78-82-119-115-48-27-31-52-123(115)135(10,11)127(119)89-113/h12-83,85-87,89-92,105,131-132H,84,88H2,1-11H3. The molecule has 4 aliphatic rings. The summed E-state index contributed by atoms with van der Waals surface area (Å²) in [6.45, 7) is 25.7. The molecule has 0 bridgehead atoms. The molecule has 23 rings (SSSR count). The molecule has 4 aliphatic carbocycles. The van der Waals surface area contributed by atoms with Gasteiger partial charge in [0, 0.05) is 45.1 Å². The van der Waals surface area contributed by atoms with Gasteiger partial charge < -0.3 is 9.80 Å². The molecule has 0 heterocycles. The van der Waals surface area contributed by atoms with Crippen LogP contribution >= 0.6 is 0 Å². The third-order valence-corrected chi connectivity index (χ3v) is 31.2. The van der Waals surface area contributed by atoms with Gasteiger partial charge in [0.1, 0.15) is 6.10 Å². The van der Waals surface area contributed by atoms with Gasteiger partial charge in [0.15, 0.2) is 0 Å². The normalized spacial score (nSPS) is 15.8. The van der Waals surface area contributed by atoms with Crippen LogP contribution in [-0.4, -0.2) is 10.6 Å². The number of fused-ring (bicyclic) bond motifs is 16. The number of nitrogens with zero attached hydrogens (tertiary/aromatic N) is 3. The number of rotatable bonds is 24. The van der Waals surface area contributed by atoms with Crippen LogP contribution in [0.2, 0.25) is 0 Å². The van der Waals surface area contributed by atoms with Crippen LogP contribution in [-0.2, 0) is 26.5 Å². The minimum absolute atomic E-state index is 0.0293. The average molecular weight is 1820 g/mol. The van der Waals surface area contributed by atoms with E-state index < -0.39 is 16.4 Å². The van der Waals surface area contributed by atoms with Crippen molar-refractivity contribution in [2.24, 2.45) is 5.92 Å². The molecular formula is C137H119N3O. The molecule has 4 heteroatoms. The molecule has 6 atom stereocenters. The summed E-state index contributed by atoms with van der Waals surface area (Å²) < 4.78 is 0. The van der Waals surface area contributed by atoms with Gasteiger partial charge in [0.05, 0.1) is 16.9 Å². The third kappa shape index (κ3) is 15.8. The lowest BCUT2D eigenvalue weighted by Crippen LogP contribution is -2.46. The molecule has 0 radical (unpaired) electrons. The van der Waals surface area contributed by atoms with E-state index in [1.54, 1.807) is 0 Å². The Morgan fingerprint density at radius 1 is 0.248 bits per heavy atom. The quantitative estimate of drug-likeness (QED) is 0.0561. The smallest absolute Gasteiger partial charge is 0.105 e. The summed E-state index contributed by atoms with van der Waals surface area (Å²) >= 11 is 0. The number of anilines is 6. The van der Waals surface area contributed by atoms with Gasteiger partial charge in [-0.3, -0.25) is 4.84 Å². The van der Waals surface area contributed by atoms with E-state index in [1.165, 1.54) is 150 Å². The second-order valence-corrected chi connectivity index (χ2v) is 42.4. The third-order valence-electron chi connectivity index (χ3n) is 31.2. The van der Waals surface area contributed by atoms with Crippen LogP contribution in [0.15, 0.2) is 467 Å². The lowest BCUT2D eigenvalue weighted by Gasteiger charge is -2.45. The van der Waals surface area contributed by atoms with Crippen LogP contribution in [0.25, 0.3) is 89.0 Å². The number of hydroxylamine groups is 2.